The molecule has 0 radical (unpaired) electrons. The first-order valence-corrected chi connectivity index (χ1v) is 7.98. The monoisotopic (exact) mass is 303 g/mol. The Bertz CT molecular complexity index is 688. The van der Waals surface area contributed by atoms with E-state index in [1.165, 1.54) is 11.1 Å². The van der Waals surface area contributed by atoms with Crippen LogP contribution in [0.5, 0.6) is 0 Å². The van der Waals surface area contributed by atoms with Gasteiger partial charge in [-0.05, 0) is 31.9 Å². The highest BCUT2D eigenvalue weighted by Gasteiger charge is 2.11. The summed E-state index contributed by atoms with van der Waals surface area (Å²) in [6.07, 6.45) is 2.05. The third kappa shape index (κ3) is 3.38. The van der Waals surface area contributed by atoms with Gasteiger partial charge in [-0.1, -0.05) is 43.2 Å². The molecule has 0 saturated heterocycles. The maximum absolute atomic E-state index is 12.6. The van der Waals surface area contributed by atoms with E-state index in [-0.39, 0.29) is 11.4 Å². The molecule has 0 atom stereocenters. The molecule has 2 aromatic rings. The van der Waals surface area contributed by atoms with Gasteiger partial charge in [0.25, 0.3) is 5.56 Å². The Morgan fingerprint density at radius 2 is 1.90 bits per heavy atom. The molecule has 1 aromatic heterocycles. The Morgan fingerprint density at radius 1 is 1.14 bits per heavy atom. The number of halogens is 1. The lowest BCUT2D eigenvalue weighted by Crippen LogP contribution is -2.24. The van der Waals surface area contributed by atoms with Gasteiger partial charge in [0, 0.05) is 17.7 Å². The first-order valence-electron chi connectivity index (χ1n) is 7.44. The van der Waals surface area contributed by atoms with Gasteiger partial charge in [-0.25, -0.2) is 0 Å². The Balaban J connectivity index is 2.61. The minimum atomic E-state index is 0.0379. The van der Waals surface area contributed by atoms with Crippen LogP contribution >= 0.6 is 11.6 Å². The van der Waals surface area contributed by atoms with Crippen molar-refractivity contribution in [3.63, 3.8) is 0 Å². The lowest BCUT2D eigenvalue weighted by Gasteiger charge is -2.16. The van der Waals surface area contributed by atoms with Crippen LogP contribution in [0.15, 0.2) is 35.1 Å². The lowest BCUT2D eigenvalue weighted by atomic mass is 10.0. The van der Waals surface area contributed by atoms with E-state index in [0.29, 0.717) is 5.56 Å². The van der Waals surface area contributed by atoms with Crippen molar-refractivity contribution in [1.29, 1.82) is 0 Å². The second-order valence-electron chi connectivity index (χ2n) is 5.51. The molecule has 1 aromatic carbocycles. The van der Waals surface area contributed by atoms with E-state index < -0.39 is 0 Å². The first-order chi connectivity index (χ1) is 10.1. The molecule has 0 fully saturated rings. The molecular weight excluding hydrogens is 282 g/mol. The predicted octanol–water partition coefficient (Wildman–Crippen LogP) is 4.67. The molecule has 2 nitrogen and oxygen atoms in total. The zero-order chi connectivity index (χ0) is 15.4. The van der Waals surface area contributed by atoms with Gasteiger partial charge in [0.1, 0.15) is 0 Å². The van der Waals surface area contributed by atoms with Crippen LogP contribution in [0, 0.1) is 13.8 Å². The molecule has 112 valence electrons. The zero-order valence-corrected chi connectivity index (χ0v) is 13.7. The van der Waals surface area contributed by atoms with E-state index in [1.807, 2.05) is 16.7 Å². The number of unbranched alkanes of at least 4 members (excludes halogenated alkanes) is 1. The summed E-state index contributed by atoms with van der Waals surface area (Å²) in [7, 11) is 0. The number of alkyl halides is 1. The summed E-state index contributed by atoms with van der Waals surface area (Å²) < 4.78 is 1.87. The fraction of sp³-hybridized carbons (Fsp3) is 0.389. The van der Waals surface area contributed by atoms with Gasteiger partial charge in [0.15, 0.2) is 0 Å². The minimum Gasteiger partial charge on any atom is -0.308 e. The third-order valence-corrected chi connectivity index (χ3v) is 4.08. The SMILES string of the molecule is CCCCn1c(-c2ccc(C)cc2C)ccc(CCl)c1=O. The number of hydrogen-bond acceptors (Lipinski definition) is 1. The van der Waals surface area contributed by atoms with Gasteiger partial charge in [0.2, 0.25) is 0 Å². The normalized spacial score (nSPS) is 10.9. The quantitative estimate of drug-likeness (QED) is 0.736. The molecule has 0 N–H and O–H groups in total. The maximum Gasteiger partial charge on any atom is 0.255 e. The highest BCUT2D eigenvalue weighted by molar-refractivity contribution is 6.17. The van der Waals surface area contributed by atoms with Gasteiger partial charge in [-0.2, -0.15) is 0 Å². The topological polar surface area (TPSA) is 22.0 Å². The summed E-state index contributed by atoms with van der Waals surface area (Å²) in [6, 6.07) is 10.2. The molecule has 0 aliphatic heterocycles. The van der Waals surface area contributed by atoms with Crippen molar-refractivity contribution in [3.8, 4) is 11.3 Å². The number of aromatic nitrogens is 1. The van der Waals surface area contributed by atoms with E-state index in [2.05, 4.69) is 39.0 Å². The number of nitrogens with zero attached hydrogens (tertiary/aromatic N) is 1. The lowest BCUT2D eigenvalue weighted by molar-refractivity contribution is 0.615. The summed E-state index contributed by atoms with van der Waals surface area (Å²) in [4.78, 5) is 12.6. The smallest absolute Gasteiger partial charge is 0.255 e. The van der Waals surface area contributed by atoms with E-state index >= 15 is 0 Å². The minimum absolute atomic E-state index is 0.0379. The van der Waals surface area contributed by atoms with Gasteiger partial charge in [-0.15, -0.1) is 11.6 Å². The van der Waals surface area contributed by atoms with Crippen LogP contribution < -0.4 is 5.56 Å². The Labute approximate surface area is 131 Å². The number of benzene rings is 1. The Hall–Kier alpha value is -1.54. The van der Waals surface area contributed by atoms with Gasteiger partial charge in [0.05, 0.1) is 11.6 Å². The molecule has 21 heavy (non-hydrogen) atoms. The average molecular weight is 304 g/mol. The molecule has 0 unspecified atom stereocenters. The molecule has 0 spiro atoms. The molecule has 0 aliphatic rings. The van der Waals surface area contributed by atoms with E-state index in [9.17, 15) is 4.79 Å². The standard InChI is InChI=1S/C18H22ClNO/c1-4-5-10-20-17(9-7-15(12-19)18(20)21)16-8-6-13(2)11-14(16)3/h6-9,11H,4-5,10,12H2,1-3H3. The number of rotatable bonds is 5. The number of pyridine rings is 1. The van der Waals surface area contributed by atoms with E-state index in [4.69, 9.17) is 11.6 Å². The van der Waals surface area contributed by atoms with E-state index in [0.717, 1.165) is 30.6 Å². The average Bonchev–Trinajstić information content (AvgIpc) is 2.46. The van der Waals surface area contributed by atoms with Crippen LogP contribution in [0.3, 0.4) is 0 Å². The fourth-order valence-electron chi connectivity index (χ4n) is 2.60. The molecular formula is C18H22ClNO. The second kappa shape index (κ2) is 6.95. The maximum atomic E-state index is 12.6. The highest BCUT2D eigenvalue weighted by Crippen LogP contribution is 2.24. The molecule has 3 heteroatoms. The van der Waals surface area contributed by atoms with Gasteiger partial charge in [-0.3, -0.25) is 4.79 Å². The van der Waals surface area contributed by atoms with Gasteiger partial charge >= 0.3 is 0 Å². The predicted molar refractivity (Wildman–Crippen MR) is 90.1 cm³/mol. The van der Waals surface area contributed by atoms with Crippen LogP contribution in [0.4, 0.5) is 0 Å². The summed E-state index contributed by atoms with van der Waals surface area (Å²) in [5, 5.41) is 0. The molecule has 0 saturated carbocycles. The van der Waals surface area contributed by atoms with Crippen LogP contribution in [-0.4, -0.2) is 4.57 Å². The van der Waals surface area contributed by atoms with Crippen molar-refractivity contribution in [2.75, 3.05) is 0 Å². The summed E-state index contributed by atoms with van der Waals surface area (Å²) in [5.41, 5.74) is 5.24. The largest absolute Gasteiger partial charge is 0.308 e. The second-order valence-corrected chi connectivity index (χ2v) is 5.77. The van der Waals surface area contributed by atoms with Gasteiger partial charge < -0.3 is 4.57 Å². The van der Waals surface area contributed by atoms with Crippen LogP contribution in [0.1, 0.15) is 36.5 Å². The molecule has 0 bridgehead atoms. The summed E-state index contributed by atoms with van der Waals surface area (Å²) in [5.74, 6) is 0.262. The number of hydrogen-bond donors (Lipinski definition) is 0. The summed E-state index contributed by atoms with van der Waals surface area (Å²) in [6.45, 7) is 7.04. The first kappa shape index (κ1) is 15.8. The van der Waals surface area contributed by atoms with Crippen molar-refractivity contribution in [2.24, 2.45) is 0 Å². The number of aryl methyl sites for hydroxylation is 2. The van der Waals surface area contributed by atoms with Crippen molar-refractivity contribution in [3.05, 3.63) is 57.4 Å². The molecule has 0 amide bonds. The Kier molecular flexibility index (Phi) is 5.24. The molecule has 0 aliphatic carbocycles. The zero-order valence-electron chi connectivity index (χ0n) is 12.9. The van der Waals surface area contributed by atoms with Crippen molar-refractivity contribution < 1.29 is 0 Å². The van der Waals surface area contributed by atoms with E-state index in [1.54, 1.807) is 0 Å². The molecule has 1 heterocycles. The van der Waals surface area contributed by atoms with Crippen molar-refractivity contribution in [1.82, 2.24) is 4.57 Å². The van der Waals surface area contributed by atoms with Crippen molar-refractivity contribution >= 4 is 11.6 Å². The highest BCUT2D eigenvalue weighted by atomic mass is 35.5. The van der Waals surface area contributed by atoms with Crippen LogP contribution in [0.25, 0.3) is 11.3 Å². The fourth-order valence-corrected chi connectivity index (χ4v) is 2.80. The third-order valence-electron chi connectivity index (χ3n) is 3.79. The van der Waals surface area contributed by atoms with Crippen LogP contribution in [0.2, 0.25) is 0 Å². The molecule has 2 rings (SSSR count). The van der Waals surface area contributed by atoms with Crippen molar-refractivity contribution in [2.45, 2.75) is 46.0 Å². The Morgan fingerprint density at radius 3 is 2.52 bits per heavy atom. The van der Waals surface area contributed by atoms with Crippen LogP contribution in [-0.2, 0) is 12.4 Å². The summed E-state index contributed by atoms with van der Waals surface area (Å²) >= 11 is 5.88.